The first-order valence-electron chi connectivity index (χ1n) is 6.03. The molecule has 0 fully saturated rings. The molecule has 4 nitrogen and oxygen atoms in total. The SMILES string of the molecule is CCn1nc(C)c2cc(-c3ccncc3)cnc21. The van der Waals surface area contributed by atoms with Crippen molar-refractivity contribution in [2.45, 2.75) is 20.4 Å². The van der Waals surface area contributed by atoms with E-state index in [1.807, 2.05) is 29.9 Å². The number of aryl methyl sites for hydroxylation is 2. The molecule has 18 heavy (non-hydrogen) atoms. The normalized spacial score (nSPS) is 11.0. The highest BCUT2D eigenvalue weighted by Gasteiger charge is 2.08. The second kappa shape index (κ2) is 4.22. The van der Waals surface area contributed by atoms with Gasteiger partial charge in [-0.3, -0.25) is 4.98 Å². The molecule has 0 aromatic carbocycles. The Balaban J connectivity index is 2.20. The fourth-order valence-corrected chi connectivity index (χ4v) is 2.13. The van der Waals surface area contributed by atoms with Crippen LogP contribution in [0.2, 0.25) is 0 Å². The lowest BCUT2D eigenvalue weighted by Gasteiger charge is -2.01. The van der Waals surface area contributed by atoms with Crippen LogP contribution in [0.5, 0.6) is 0 Å². The van der Waals surface area contributed by atoms with Crippen molar-refractivity contribution < 1.29 is 0 Å². The van der Waals surface area contributed by atoms with E-state index in [1.54, 1.807) is 12.4 Å². The summed E-state index contributed by atoms with van der Waals surface area (Å²) in [4.78, 5) is 8.56. The van der Waals surface area contributed by atoms with E-state index in [4.69, 9.17) is 0 Å². The monoisotopic (exact) mass is 238 g/mol. The Morgan fingerprint density at radius 1 is 1.17 bits per heavy atom. The lowest BCUT2D eigenvalue weighted by atomic mass is 10.1. The zero-order valence-electron chi connectivity index (χ0n) is 10.5. The molecule has 0 aliphatic heterocycles. The maximum absolute atomic E-state index is 4.53. The Morgan fingerprint density at radius 3 is 2.67 bits per heavy atom. The quantitative estimate of drug-likeness (QED) is 0.689. The van der Waals surface area contributed by atoms with Gasteiger partial charge in [0.2, 0.25) is 0 Å². The van der Waals surface area contributed by atoms with Gasteiger partial charge in [0.05, 0.1) is 5.69 Å². The first-order chi connectivity index (χ1) is 8.79. The van der Waals surface area contributed by atoms with Crippen molar-refractivity contribution >= 4 is 11.0 Å². The number of hydrogen-bond donors (Lipinski definition) is 0. The molecule has 0 saturated heterocycles. The van der Waals surface area contributed by atoms with Gasteiger partial charge in [0.1, 0.15) is 0 Å². The van der Waals surface area contributed by atoms with Crippen LogP contribution in [0.1, 0.15) is 12.6 Å². The van der Waals surface area contributed by atoms with E-state index in [0.717, 1.165) is 34.4 Å². The van der Waals surface area contributed by atoms with Crippen molar-refractivity contribution in [1.29, 1.82) is 0 Å². The van der Waals surface area contributed by atoms with Crippen LogP contribution in [-0.2, 0) is 6.54 Å². The predicted octanol–water partition coefficient (Wildman–Crippen LogP) is 2.82. The van der Waals surface area contributed by atoms with E-state index < -0.39 is 0 Å². The van der Waals surface area contributed by atoms with Gasteiger partial charge in [0.25, 0.3) is 0 Å². The molecule has 3 heterocycles. The summed E-state index contributed by atoms with van der Waals surface area (Å²) in [6.07, 6.45) is 5.48. The molecule has 3 aromatic heterocycles. The van der Waals surface area contributed by atoms with Crippen molar-refractivity contribution in [3.05, 3.63) is 42.5 Å². The van der Waals surface area contributed by atoms with Crippen LogP contribution >= 0.6 is 0 Å². The predicted molar refractivity (Wildman–Crippen MR) is 71.2 cm³/mol. The highest BCUT2D eigenvalue weighted by molar-refractivity contribution is 5.83. The Hall–Kier alpha value is -2.23. The zero-order chi connectivity index (χ0) is 12.5. The first kappa shape index (κ1) is 10.9. The highest BCUT2D eigenvalue weighted by atomic mass is 15.3. The van der Waals surface area contributed by atoms with Gasteiger partial charge >= 0.3 is 0 Å². The van der Waals surface area contributed by atoms with Crippen molar-refractivity contribution in [3.63, 3.8) is 0 Å². The molecule has 0 bridgehead atoms. The minimum atomic E-state index is 0.839. The van der Waals surface area contributed by atoms with Gasteiger partial charge in [-0.25, -0.2) is 9.67 Å². The Labute approximate surface area is 105 Å². The molecule has 0 saturated carbocycles. The minimum Gasteiger partial charge on any atom is -0.265 e. The molecule has 0 aliphatic rings. The fourth-order valence-electron chi connectivity index (χ4n) is 2.13. The van der Waals surface area contributed by atoms with Gasteiger partial charge in [-0.05, 0) is 37.6 Å². The largest absolute Gasteiger partial charge is 0.265 e. The number of aromatic nitrogens is 4. The summed E-state index contributed by atoms with van der Waals surface area (Å²) in [6, 6.07) is 6.12. The molecule has 0 amide bonds. The van der Waals surface area contributed by atoms with Crippen molar-refractivity contribution in [2.75, 3.05) is 0 Å². The molecule has 3 aromatic rings. The van der Waals surface area contributed by atoms with Crippen LogP contribution in [0.3, 0.4) is 0 Å². The number of nitrogens with zero attached hydrogens (tertiary/aromatic N) is 4. The second-order valence-electron chi connectivity index (χ2n) is 4.23. The molecule has 4 heteroatoms. The standard InChI is InChI=1S/C14H14N4/c1-3-18-14-13(10(2)17-18)8-12(9-16-14)11-4-6-15-7-5-11/h4-9H,3H2,1-2H3. The molecule has 90 valence electrons. The van der Waals surface area contributed by atoms with Gasteiger partial charge in [-0.2, -0.15) is 5.10 Å². The summed E-state index contributed by atoms with van der Waals surface area (Å²) in [5.74, 6) is 0. The van der Waals surface area contributed by atoms with Crippen LogP contribution in [0.4, 0.5) is 0 Å². The summed E-state index contributed by atoms with van der Waals surface area (Å²) in [6.45, 7) is 4.93. The van der Waals surface area contributed by atoms with E-state index in [9.17, 15) is 0 Å². The summed E-state index contributed by atoms with van der Waals surface area (Å²) in [7, 11) is 0. The minimum absolute atomic E-state index is 0.839. The van der Waals surface area contributed by atoms with Crippen LogP contribution in [0.15, 0.2) is 36.8 Å². The third kappa shape index (κ3) is 1.66. The van der Waals surface area contributed by atoms with Gasteiger partial charge < -0.3 is 0 Å². The van der Waals surface area contributed by atoms with Gasteiger partial charge in [-0.15, -0.1) is 0 Å². The molecule has 0 N–H and O–H groups in total. The van der Waals surface area contributed by atoms with E-state index >= 15 is 0 Å². The summed E-state index contributed by atoms with van der Waals surface area (Å²) >= 11 is 0. The lowest BCUT2D eigenvalue weighted by Crippen LogP contribution is -1.97. The Morgan fingerprint density at radius 2 is 1.94 bits per heavy atom. The number of pyridine rings is 2. The molecule has 0 aliphatic carbocycles. The van der Waals surface area contributed by atoms with Crippen molar-refractivity contribution in [2.24, 2.45) is 0 Å². The van der Waals surface area contributed by atoms with E-state index in [-0.39, 0.29) is 0 Å². The summed E-state index contributed by atoms with van der Waals surface area (Å²) in [5, 5.41) is 5.60. The summed E-state index contributed by atoms with van der Waals surface area (Å²) < 4.78 is 1.93. The third-order valence-electron chi connectivity index (χ3n) is 3.08. The molecular weight excluding hydrogens is 224 g/mol. The van der Waals surface area contributed by atoms with Crippen LogP contribution in [0, 0.1) is 6.92 Å². The van der Waals surface area contributed by atoms with Gasteiger partial charge in [0.15, 0.2) is 5.65 Å². The average Bonchev–Trinajstić information content (AvgIpc) is 2.76. The Kier molecular flexibility index (Phi) is 2.55. The molecule has 0 radical (unpaired) electrons. The van der Waals surface area contributed by atoms with Crippen LogP contribution in [-0.4, -0.2) is 19.7 Å². The van der Waals surface area contributed by atoms with Gasteiger partial charge in [-0.1, -0.05) is 0 Å². The van der Waals surface area contributed by atoms with E-state index in [1.165, 1.54) is 0 Å². The smallest absolute Gasteiger partial charge is 0.158 e. The molecule has 0 spiro atoms. The van der Waals surface area contributed by atoms with Crippen LogP contribution < -0.4 is 0 Å². The molecule has 0 atom stereocenters. The average molecular weight is 238 g/mol. The van der Waals surface area contributed by atoms with E-state index in [2.05, 4.69) is 28.1 Å². The molecular formula is C14H14N4. The lowest BCUT2D eigenvalue weighted by molar-refractivity contribution is 0.669. The maximum atomic E-state index is 4.53. The van der Waals surface area contributed by atoms with Crippen LogP contribution in [0.25, 0.3) is 22.2 Å². The highest BCUT2D eigenvalue weighted by Crippen LogP contribution is 2.23. The van der Waals surface area contributed by atoms with Crippen molar-refractivity contribution in [1.82, 2.24) is 19.7 Å². The number of fused-ring (bicyclic) bond motifs is 1. The van der Waals surface area contributed by atoms with Gasteiger partial charge in [0, 0.05) is 36.1 Å². The van der Waals surface area contributed by atoms with E-state index in [0.29, 0.717) is 0 Å². The molecule has 0 unspecified atom stereocenters. The third-order valence-corrected chi connectivity index (χ3v) is 3.08. The Bertz CT molecular complexity index is 686. The maximum Gasteiger partial charge on any atom is 0.158 e. The zero-order valence-corrected chi connectivity index (χ0v) is 10.5. The number of hydrogen-bond acceptors (Lipinski definition) is 3. The fraction of sp³-hybridized carbons (Fsp3) is 0.214. The first-order valence-corrected chi connectivity index (χ1v) is 6.03. The topological polar surface area (TPSA) is 43.6 Å². The van der Waals surface area contributed by atoms with Crippen molar-refractivity contribution in [3.8, 4) is 11.1 Å². The molecule has 3 rings (SSSR count). The second-order valence-corrected chi connectivity index (χ2v) is 4.23. The number of rotatable bonds is 2. The summed E-state index contributed by atoms with van der Waals surface area (Å²) in [5.41, 5.74) is 4.20.